The average molecular weight is 224 g/mol. The summed E-state index contributed by atoms with van der Waals surface area (Å²) >= 11 is 0. The molecule has 0 spiro atoms. The largest absolute Gasteiger partial charge is 0.375 e. The van der Waals surface area contributed by atoms with Crippen LogP contribution in [0.5, 0.6) is 0 Å². The SMILES string of the molecule is CCC(CC)C(CCOCC(F)F)NN. The highest BCUT2D eigenvalue weighted by atomic mass is 19.3. The second-order valence-electron chi connectivity index (χ2n) is 3.60. The number of alkyl halides is 2. The normalized spacial score (nSPS) is 13.8. The van der Waals surface area contributed by atoms with Crippen LogP contribution in [0, 0.1) is 5.92 Å². The van der Waals surface area contributed by atoms with Crippen molar-refractivity contribution in [2.75, 3.05) is 13.2 Å². The minimum absolute atomic E-state index is 0.151. The standard InChI is InChI=1S/C10H22F2N2O/c1-3-8(4-2)9(14-13)5-6-15-7-10(11)12/h8-10,14H,3-7,13H2,1-2H3. The lowest BCUT2D eigenvalue weighted by molar-refractivity contribution is 0.0126. The molecule has 0 aliphatic carbocycles. The summed E-state index contributed by atoms with van der Waals surface area (Å²) in [5, 5.41) is 0. The zero-order valence-corrected chi connectivity index (χ0v) is 9.51. The Morgan fingerprint density at radius 2 is 1.87 bits per heavy atom. The molecular formula is C10H22F2N2O. The molecule has 1 atom stereocenters. The molecule has 0 aromatic heterocycles. The molecule has 0 aromatic rings. The van der Waals surface area contributed by atoms with Gasteiger partial charge in [0, 0.05) is 12.6 Å². The van der Waals surface area contributed by atoms with Gasteiger partial charge in [0.2, 0.25) is 0 Å². The van der Waals surface area contributed by atoms with Crippen molar-refractivity contribution < 1.29 is 13.5 Å². The van der Waals surface area contributed by atoms with Crippen molar-refractivity contribution in [2.24, 2.45) is 11.8 Å². The van der Waals surface area contributed by atoms with E-state index in [9.17, 15) is 8.78 Å². The zero-order valence-electron chi connectivity index (χ0n) is 9.51. The third kappa shape index (κ3) is 6.76. The van der Waals surface area contributed by atoms with E-state index in [1.54, 1.807) is 0 Å². The van der Waals surface area contributed by atoms with Crippen molar-refractivity contribution in [2.45, 2.75) is 45.6 Å². The molecule has 0 rings (SSSR count). The summed E-state index contributed by atoms with van der Waals surface area (Å²) in [6, 6.07) is 0.151. The Bertz CT molecular complexity index is 143. The van der Waals surface area contributed by atoms with Crippen LogP contribution in [-0.2, 0) is 4.74 Å². The van der Waals surface area contributed by atoms with Crippen LogP contribution in [-0.4, -0.2) is 25.7 Å². The Labute approximate surface area is 90.3 Å². The van der Waals surface area contributed by atoms with Crippen molar-refractivity contribution in [3.05, 3.63) is 0 Å². The predicted molar refractivity (Wildman–Crippen MR) is 56.6 cm³/mol. The maximum atomic E-state index is 11.8. The first-order valence-corrected chi connectivity index (χ1v) is 5.47. The van der Waals surface area contributed by atoms with E-state index in [1.807, 2.05) is 0 Å². The molecule has 0 fully saturated rings. The van der Waals surface area contributed by atoms with Gasteiger partial charge in [-0.25, -0.2) is 8.78 Å². The Morgan fingerprint density at radius 1 is 1.27 bits per heavy atom. The Balaban J connectivity index is 3.69. The number of nitrogens with two attached hydrogens (primary N) is 1. The van der Waals surface area contributed by atoms with Crippen molar-refractivity contribution >= 4 is 0 Å². The maximum Gasteiger partial charge on any atom is 0.261 e. The second-order valence-corrected chi connectivity index (χ2v) is 3.60. The van der Waals surface area contributed by atoms with Gasteiger partial charge in [-0.15, -0.1) is 0 Å². The summed E-state index contributed by atoms with van der Waals surface area (Å²) in [5.41, 5.74) is 2.72. The van der Waals surface area contributed by atoms with Crippen molar-refractivity contribution in [1.29, 1.82) is 0 Å². The Hall–Kier alpha value is -0.260. The number of hydrazine groups is 1. The van der Waals surface area contributed by atoms with Crippen LogP contribution in [0.2, 0.25) is 0 Å². The van der Waals surface area contributed by atoms with Gasteiger partial charge in [0.05, 0.1) is 0 Å². The first-order valence-electron chi connectivity index (χ1n) is 5.47. The topological polar surface area (TPSA) is 47.3 Å². The van der Waals surface area contributed by atoms with E-state index in [1.165, 1.54) is 0 Å². The van der Waals surface area contributed by atoms with Gasteiger partial charge < -0.3 is 4.74 Å². The lowest BCUT2D eigenvalue weighted by atomic mass is 9.93. The molecule has 3 nitrogen and oxygen atoms in total. The van der Waals surface area contributed by atoms with Gasteiger partial charge in [0.1, 0.15) is 6.61 Å². The number of hydrogen-bond donors (Lipinski definition) is 2. The van der Waals surface area contributed by atoms with E-state index in [4.69, 9.17) is 10.6 Å². The lowest BCUT2D eigenvalue weighted by Gasteiger charge is -2.24. The Morgan fingerprint density at radius 3 is 2.27 bits per heavy atom. The molecule has 1 unspecified atom stereocenters. The van der Waals surface area contributed by atoms with Gasteiger partial charge in [0.25, 0.3) is 6.43 Å². The summed E-state index contributed by atoms with van der Waals surface area (Å²) < 4.78 is 28.4. The second kappa shape index (κ2) is 9.00. The summed E-state index contributed by atoms with van der Waals surface area (Å²) in [7, 11) is 0. The van der Waals surface area contributed by atoms with Crippen molar-refractivity contribution in [3.8, 4) is 0 Å². The molecule has 5 heteroatoms. The van der Waals surface area contributed by atoms with E-state index in [2.05, 4.69) is 19.3 Å². The molecule has 0 radical (unpaired) electrons. The highest BCUT2D eigenvalue weighted by Crippen LogP contribution is 2.15. The zero-order chi connectivity index (χ0) is 11.7. The third-order valence-corrected chi connectivity index (χ3v) is 2.65. The fourth-order valence-corrected chi connectivity index (χ4v) is 1.70. The van der Waals surface area contributed by atoms with E-state index < -0.39 is 13.0 Å². The number of rotatable bonds is 9. The van der Waals surface area contributed by atoms with Crippen LogP contribution in [0.1, 0.15) is 33.1 Å². The van der Waals surface area contributed by atoms with Gasteiger partial charge in [-0.1, -0.05) is 26.7 Å². The Kier molecular flexibility index (Phi) is 8.85. The van der Waals surface area contributed by atoms with E-state index in [0.717, 1.165) is 12.8 Å². The average Bonchev–Trinajstić information content (AvgIpc) is 2.22. The van der Waals surface area contributed by atoms with Crippen LogP contribution in [0.4, 0.5) is 8.78 Å². The van der Waals surface area contributed by atoms with Crippen LogP contribution in [0.3, 0.4) is 0 Å². The highest BCUT2D eigenvalue weighted by Gasteiger charge is 2.16. The molecule has 0 bridgehead atoms. The van der Waals surface area contributed by atoms with Gasteiger partial charge in [-0.05, 0) is 12.3 Å². The number of ether oxygens (including phenoxy) is 1. The summed E-state index contributed by atoms with van der Waals surface area (Å²) in [6.45, 7) is 4.03. The molecule has 0 aromatic carbocycles. The third-order valence-electron chi connectivity index (χ3n) is 2.65. The molecule has 0 aliphatic heterocycles. The molecule has 3 N–H and O–H groups in total. The van der Waals surface area contributed by atoms with E-state index in [-0.39, 0.29) is 6.04 Å². The minimum atomic E-state index is -2.39. The summed E-state index contributed by atoms with van der Waals surface area (Å²) in [4.78, 5) is 0. The first kappa shape index (κ1) is 14.7. The van der Waals surface area contributed by atoms with E-state index >= 15 is 0 Å². The molecule has 0 saturated carbocycles. The molecule has 0 saturated heterocycles. The first-order chi connectivity index (χ1) is 7.15. The smallest absolute Gasteiger partial charge is 0.261 e. The monoisotopic (exact) mass is 224 g/mol. The van der Waals surface area contributed by atoms with Gasteiger partial charge >= 0.3 is 0 Å². The fraction of sp³-hybridized carbons (Fsp3) is 1.00. The summed E-state index contributed by atoms with van der Waals surface area (Å²) in [5.74, 6) is 5.89. The van der Waals surface area contributed by atoms with E-state index in [0.29, 0.717) is 18.9 Å². The molecule has 0 amide bonds. The quantitative estimate of drug-likeness (QED) is 0.357. The molecule has 0 heterocycles. The molecular weight excluding hydrogens is 202 g/mol. The highest BCUT2D eigenvalue weighted by molar-refractivity contribution is 4.72. The molecule has 92 valence electrons. The minimum Gasteiger partial charge on any atom is -0.375 e. The van der Waals surface area contributed by atoms with Gasteiger partial charge in [0.15, 0.2) is 0 Å². The van der Waals surface area contributed by atoms with Crippen molar-refractivity contribution in [1.82, 2.24) is 5.43 Å². The van der Waals surface area contributed by atoms with Crippen LogP contribution in [0.25, 0.3) is 0 Å². The summed E-state index contributed by atoms with van der Waals surface area (Å²) in [6.07, 6.45) is 0.346. The maximum absolute atomic E-state index is 11.8. The van der Waals surface area contributed by atoms with Crippen LogP contribution >= 0.6 is 0 Å². The number of hydrogen-bond acceptors (Lipinski definition) is 3. The molecule has 15 heavy (non-hydrogen) atoms. The van der Waals surface area contributed by atoms with Crippen LogP contribution < -0.4 is 11.3 Å². The van der Waals surface area contributed by atoms with Gasteiger partial charge in [-0.2, -0.15) is 0 Å². The van der Waals surface area contributed by atoms with Gasteiger partial charge in [-0.3, -0.25) is 11.3 Å². The molecule has 0 aliphatic rings. The number of nitrogens with one attached hydrogen (secondary N) is 1. The van der Waals surface area contributed by atoms with Crippen LogP contribution in [0.15, 0.2) is 0 Å². The fourth-order valence-electron chi connectivity index (χ4n) is 1.70. The van der Waals surface area contributed by atoms with Crippen molar-refractivity contribution in [3.63, 3.8) is 0 Å². The predicted octanol–water partition coefficient (Wildman–Crippen LogP) is 1.93. The lowest BCUT2D eigenvalue weighted by Crippen LogP contribution is -2.41. The number of halogens is 2.